The van der Waals surface area contributed by atoms with Crippen LogP contribution in [-0.2, 0) is 0 Å². The van der Waals surface area contributed by atoms with Crippen LogP contribution in [0, 0.1) is 5.13 Å². The predicted octanol–water partition coefficient (Wildman–Crippen LogP) is 6.68. The Morgan fingerprint density at radius 3 is 2.59 bits per heavy atom. The van der Waals surface area contributed by atoms with Crippen molar-refractivity contribution in [3.8, 4) is 33.2 Å². The zero-order valence-corrected chi connectivity index (χ0v) is 21.0. The molecule has 6 aromatic heterocycles. The molecule has 1 aromatic carbocycles. The van der Waals surface area contributed by atoms with Gasteiger partial charge in [0.1, 0.15) is 5.69 Å². The van der Waals surface area contributed by atoms with E-state index in [1.54, 1.807) is 43.0 Å². The number of pyridine rings is 3. The monoisotopic (exact) mass is 531 g/mol. The molecule has 7 rings (SSSR count). The number of benzene rings is 1. The minimum absolute atomic E-state index is 0.215. The third-order valence-electron chi connectivity index (χ3n) is 6.38. The fourth-order valence-electron chi connectivity index (χ4n) is 4.54. The number of thiophene rings is 1. The third kappa shape index (κ3) is 4.22. The van der Waals surface area contributed by atoms with E-state index >= 15 is 0 Å². The summed E-state index contributed by atoms with van der Waals surface area (Å²) in [5.41, 5.74) is 6.43. The van der Waals surface area contributed by atoms with Crippen LogP contribution in [0.3, 0.4) is 0 Å². The second-order valence-electron chi connectivity index (χ2n) is 8.88. The number of anilines is 1. The maximum atomic E-state index is 13.7. The molecule has 0 atom stereocenters. The molecule has 0 spiro atoms. The zero-order valence-electron chi connectivity index (χ0n) is 20.1. The number of aromatic nitrogens is 6. The number of rotatable bonds is 5. The molecule has 0 saturated heterocycles. The van der Waals surface area contributed by atoms with E-state index < -0.39 is 0 Å². The van der Waals surface area contributed by atoms with Gasteiger partial charge in [0.15, 0.2) is 5.13 Å². The number of nitrogens with one attached hydrogen (secondary N) is 3. The van der Waals surface area contributed by atoms with Crippen molar-refractivity contribution < 1.29 is 9.18 Å². The highest BCUT2D eigenvalue weighted by Gasteiger charge is 2.16. The molecule has 3 N–H and O–H groups in total. The number of hydrogen-bond acceptors (Lipinski definition) is 6. The number of aromatic amines is 2. The molecule has 0 bridgehead atoms. The van der Waals surface area contributed by atoms with Crippen LogP contribution in [0.15, 0.2) is 91.5 Å². The first-order chi connectivity index (χ1) is 19.1. The van der Waals surface area contributed by atoms with E-state index in [0.29, 0.717) is 22.6 Å². The van der Waals surface area contributed by atoms with E-state index in [0.717, 1.165) is 55.0 Å². The lowest BCUT2D eigenvalue weighted by molar-refractivity contribution is 0.102. The van der Waals surface area contributed by atoms with Gasteiger partial charge in [-0.05, 0) is 48.5 Å². The molecule has 0 aliphatic heterocycles. The summed E-state index contributed by atoms with van der Waals surface area (Å²) in [7, 11) is 0. The van der Waals surface area contributed by atoms with Crippen LogP contribution in [0.4, 0.5) is 10.1 Å². The molecular formula is C29H18FN7OS. The van der Waals surface area contributed by atoms with Crippen LogP contribution in [0.5, 0.6) is 0 Å². The minimum Gasteiger partial charge on any atom is -0.353 e. The van der Waals surface area contributed by atoms with Gasteiger partial charge in [0.2, 0.25) is 0 Å². The Morgan fingerprint density at radius 1 is 0.872 bits per heavy atom. The molecule has 8 nitrogen and oxygen atoms in total. The maximum Gasteiger partial charge on any atom is 0.255 e. The van der Waals surface area contributed by atoms with Crippen LogP contribution in [0.2, 0.25) is 0 Å². The van der Waals surface area contributed by atoms with Gasteiger partial charge < -0.3 is 10.3 Å². The molecule has 0 unspecified atom stereocenters. The van der Waals surface area contributed by atoms with E-state index in [-0.39, 0.29) is 11.0 Å². The summed E-state index contributed by atoms with van der Waals surface area (Å²) in [6, 6.07) is 19.8. The average Bonchev–Trinajstić information content (AvgIpc) is 3.71. The van der Waals surface area contributed by atoms with Crippen LogP contribution in [0.25, 0.3) is 55.0 Å². The summed E-state index contributed by atoms with van der Waals surface area (Å²) in [4.78, 5) is 30.2. The summed E-state index contributed by atoms with van der Waals surface area (Å²) >= 11 is 1.06. The van der Waals surface area contributed by atoms with E-state index in [1.165, 1.54) is 6.07 Å². The van der Waals surface area contributed by atoms with E-state index in [9.17, 15) is 9.18 Å². The van der Waals surface area contributed by atoms with Crippen molar-refractivity contribution in [3.05, 3.63) is 102 Å². The summed E-state index contributed by atoms with van der Waals surface area (Å²) in [5, 5.41) is 12.0. The lowest BCUT2D eigenvalue weighted by atomic mass is 10.1. The van der Waals surface area contributed by atoms with E-state index in [4.69, 9.17) is 0 Å². The fraction of sp³-hybridized carbons (Fsp3) is 0. The maximum absolute atomic E-state index is 13.7. The van der Waals surface area contributed by atoms with Gasteiger partial charge in [0.25, 0.3) is 5.91 Å². The summed E-state index contributed by atoms with van der Waals surface area (Å²) in [6.45, 7) is 0. The molecular weight excluding hydrogens is 513 g/mol. The van der Waals surface area contributed by atoms with Crippen LogP contribution >= 0.6 is 11.3 Å². The van der Waals surface area contributed by atoms with Crippen molar-refractivity contribution in [1.82, 2.24) is 30.1 Å². The number of nitrogens with zero attached hydrogens (tertiary/aromatic N) is 4. The van der Waals surface area contributed by atoms with Gasteiger partial charge in [-0.3, -0.25) is 24.8 Å². The Morgan fingerprint density at radius 2 is 1.74 bits per heavy atom. The van der Waals surface area contributed by atoms with Crippen molar-refractivity contribution >= 4 is 44.7 Å². The number of halogens is 1. The zero-order chi connectivity index (χ0) is 26.3. The Balaban J connectivity index is 1.25. The standard InChI is InChI=1S/C29H18FN7OS/c30-26-7-6-25(39-26)28-19-12-23(35-21(19)8-9-32-28)27-20-11-22(33-15-24(20)36-37-27)17-10-18(14-31-13-17)34-29(38)16-4-2-1-3-5-16/h1-15,35H,(H,34,38)(H,36,37). The lowest BCUT2D eigenvalue weighted by Gasteiger charge is -2.07. The normalized spacial score (nSPS) is 11.3. The van der Waals surface area contributed by atoms with Gasteiger partial charge in [-0.1, -0.05) is 18.2 Å². The summed E-state index contributed by atoms with van der Waals surface area (Å²) in [6.07, 6.45) is 6.73. The highest BCUT2D eigenvalue weighted by Crippen LogP contribution is 2.35. The molecule has 0 aliphatic rings. The van der Waals surface area contributed by atoms with Gasteiger partial charge in [-0.15, -0.1) is 11.3 Å². The highest BCUT2D eigenvalue weighted by molar-refractivity contribution is 7.13. The van der Waals surface area contributed by atoms with Crippen molar-refractivity contribution in [2.75, 3.05) is 5.32 Å². The Labute approximate surface area is 224 Å². The molecule has 0 radical (unpaired) electrons. The number of hydrogen-bond donors (Lipinski definition) is 3. The van der Waals surface area contributed by atoms with Crippen molar-refractivity contribution in [1.29, 1.82) is 0 Å². The van der Waals surface area contributed by atoms with Crippen LogP contribution in [-0.4, -0.2) is 36.0 Å². The Hall–Kier alpha value is -5.22. The first-order valence-corrected chi connectivity index (χ1v) is 12.8. The highest BCUT2D eigenvalue weighted by atomic mass is 32.1. The van der Waals surface area contributed by atoms with Gasteiger partial charge >= 0.3 is 0 Å². The van der Waals surface area contributed by atoms with E-state index in [1.807, 2.05) is 42.5 Å². The topological polar surface area (TPSA) is 112 Å². The number of carbonyl (C=O) groups is 1. The van der Waals surface area contributed by atoms with Gasteiger partial charge in [-0.2, -0.15) is 9.49 Å². The van der Waals surface area contributed by atoms with E-state index in [2.05, 4.69) is 35.5 Å². The second kappa shape index (κ2) is 9.26. The molecule has 0 aliphatic carbocycles. The average molecular weight is 532 g/mol. The quantitative estimate of drug-likeness (QED) is 0.229. The molecule has 7 aromatic rings. The first-order valence-electron chi connectivity index (χ1n) is 12.0. The molecule has 10 heteroatoms. The van der Waals surface area contributed by atoms with Crippen molar-refractivity contribution in [2.45, 2.75) is 0 Å². The molecule has 188 valence electrons. The largest absolute Gasteiger partial charge is 0.353 e. The SMILES string of the molecule is O=C(Nc1cncc(-c2cc3c(-c4cc5c(-c6ccc(F)s6)nccc5[nH]4)n[nH]c3cn2)c1)c1ccccc1. The molecule has 6 heterocycles. The van der Waals surface area contributed by atoms with Gasteiger partial charge in [-0.25, -0.2) is 0 Å². The summed E-state index contributed by atoms with van der Waals surface area (Å²) in [5.74, 6) is -0.215. The minimum atomic E-state index is -0.254. The Bertz CT molecular complexity index is 1990. The molecule has 0 fully saturated rings. The first kappa shape index (κ1) is 22.9. The smallest absolute Gasteiger partial charge is 0.255 e. The van der Waals surface area contributed by atoms with Gasteiger partial charge in [0.05, 0.1) is 45.6 Å². The fourth-order valence-corrected chi connectivity index (χ4v) is 5.28. The third-order valence-corrected chi connectivity index (χ3v) is 7.27. The van der Waals surface area contributed by atoms with Crippen LogP contribution in [0.1, 0.15) is 10.4 Å². The lowest BCUT2D eigenvalue weighted by Crippen LogP contribution is -2.11. The summed E-state index contributed by atoms with van der Waals surface area (Å²) < 4.78 is 13.7. The van der Waals surface area contributed by atoms with Crippen molar-refractivity contribution in [2.24, 2.45) is 0 Å². The number of fused-ring (bicyclic) bond motifs is 2. The molecule has 39 heavy (non-hydrogen) atoms. The molecule has 1 amide bonds. The second-order valence-corrected chi connectivity index (χ2v) is 9.91. The van der Waals surface area contributed by atoms with Crippen molar-refractivity contribution in [3.63, 3.8) is 0 Å². The number of carbonyl (C=O) groups excluding carboxylic acids is 1. The molecule has 0 saturated carbocycles. The number of H-pyrrole nitrogens is 2. The predicted molar refractivity (Wildman–Crippen MR) is 150 cm³/mol. The van der Waals surface area contributed by atoms with Gasteiger partial charge in [0, 0.05) is 39.8 Å². The number of amides is 1. The Kier molecular flexibility index (Phi) is 5.45. The van der Waals surface area contributed by atoms with Crippen LogP contribution < -0.4 is 5.32 Å².